The van der Waals surface area contributed by atoms with Gasteiger partial charge in [-0.05, 0) is 6.92 Å². The Labute approximate surface area is 66.0 Å². The van der Waals surface area contributed by atoms with E-state index in [1.165, 1.54) is 12.2 Å². The van der Waals surface area contributed by atoms with Crippen molar-refractivity contribution in [3.05, 3.63) is 0 Å². The Morgan fingerprint density at radius 2 is 2.18 bits per heavy atom. The number of rotatable bonds is 2. The van der Waals surface area contributed by atoms with Gasteiger partial charge in [-0.25, -0.2) is 5.06 Å². The second-order valence-corrected chi connectivity index (χ2v) is 3.04. The van der Waals surface area contributed by atoms with Gasteiger partial charge < -0.3 is 4.74 Å². The number of amides is 1. The molecule has 11 heavy (non-hydrogen) atoms. The highest BCUT2D eigenvalue weighted by atomic mass is 16.7. The van der Waals surface area contributed by atoms with Crippen LogP contribution in [-0.2, 0) is 14.4 Å². The molecule has 0 spiro atoms. The minimum absolute atomic E-state index is 0.0220. The van der Waals surface area contributed by atoms with Crippen LogP contribution < -0.4 is 0 Å². The third-order valence-electron chi connectivity index (χ3n) is 1.92. The van der Waals surface area contributed by atoms with E-state index in [0.717, 1.165) is 0 Å². The van der Waals surface area contributed by atoms with Crippen LogP contribution in [0.3, 0.4) is 0 Å². The van der Waals surface area contributed by atoms with Crippen LogP contribution in [0.2, 0.25) is 0 Å². The molecule has 1 aliphatic rings. The van der Waals surface area contributed by atoms with E-state index in [4.69, 9.17) is 9.57 Å². The molecular formula is C7H13NO3. The van der Waals surface area contributed by atoms with Crippen LogP contribution in [0.15, 0.2) is 0 Å². The Morgan fingerprint density at radius 1 is 1.64 bits per heavy atom. The maximum atomic E-state index is 11.4. The van der Waals surface area contributed by atoms with Crippen molar-refractivity contribution in [1.82, 2.24) is 5.06 Å². The van der Waals surface area contributed by atoms with Crippen LogP contribution in [0.5, 0.6) is 0 Å². The Morgan fingerprint density at radius 3 is 2.45 bits per heavy atom. The van der Waals surface area contributed by atoms with Crippen LogP contribution in [0.1, 0.15) is 6.92 Å². The molecule has 0 aromatic carbocycles. The molecule has 0 saturated carbocycles. The number of nitrogens with zero attached hydrogens (tertiary/aromatic N) is 1. The summed E-state index contributed by atoms with van der Waals surface area (Å²) in [4.78, 5) is 16.2. The monoisotopic (exact) mass is 159 g/mol. The molecule has 0 bridgehead atoms. The first-order chi connectivity index (χ1) is 5.10. The summed E-state index contributed by atoms with van der Waals surface area (Å²) in [6.45, 7) is 2.87. The van der Waals surface area contributed by atoms with E-state index in [1.54, 1.807) is 7.05 Å². The summed E-state index contributed by atoms with van der Waals surface area (Å²) < 4.78 is 4.95. The lowest BCUT2D eigenvalue weighted by Gasteiger charge is -2.38. The molecule has 1 heterocycles. The molecule has 0 aliphatic carbocycles. The SMILES string of the molecule is CON(C)C(=O)C1(C)COC1. The van der Waals surface area contributed by atoms with E-state index in [2.05, 4.69) is 0 Å². The van der Waals surface area contributed by atoms with Crippen LogP contribution in [0, 0.1) is 5.41 Å². The zero-order valence-corrected chi connectivity index (χ0v) is 7.09. The summed E-state index contributed by atoms with van der Waals surface area (Å²) in [5.74, 6) is -0.0220. The van der Waals surface area contributed by atoms with Gasteiger partial charge in [-0.15, -0.1) is 0 Å². The standard InChI is InChI=1S/C7H13NO3/c1-7(4-11-5-7)6(9)8(2)10-3/h4-5H2,1-3H3. The van der Waals surface area contributed by atoms with Gasteiger partial charge in [0.25, 0.3) is 5.91 Å². The predicted molar refractivity (Wildman–Crippen MR) is 38.7 cm³/mol. The van der Waals surface area contributed by atoms with Gasteiger partial charge in [0.15, 0.2) is 0 Å². The Balaban J connectivity index is 2.52. The first-order valence-electron chi connectivity index (χ1n) is 3.50. The normalized spacial score (nSPS) is 20.6. The van der Waals surface area contributed by atoms with Gasteiger partial charge in [-0.2, -0.15) is 0 Å². The van der Waals surface area contributed by atoms with E-state index in [9.17, 15) is 4.79 Å². The Hall–Kier alpha value is -0.610. The van der Waals surface area contributed by atoms with E-state index in [-0.39, 0.29) is 11.3 Å². The molecule has 1 fully saturated rings. The molecule has 0 unspecified atom stereocenters. The van der Waals surface area contributed by atoms with Crippen molar-refractivity contribution in [3.63, 3.8) is 0 Å². The van der Waals surface area contributed by atoms with Gasteiger partial charge in [0, 0.05) is 7.05 Å². The summed E-state index contributed by atoms with van der Waals surface area (Å²) >= 11 is 0. The van der Waals surface area contributed by atoms with E-state index < -0.39 is 0 Å². The maximum absolute atomic E-state index is 11.4. The van der Waals surface area contributed by atoms with Crippen molar-refractivity contribution in [2.45, 2.75) is 6.92 Å². The quantitative estimate of drug-likeness (QED) is 0.534. The molecule has 0 aromatic heterocycles. The summed E-state index contributed by atoms with van der Waals surface area (Å²) in [6, 6.07) is 0. The Bertz CT molecular complexity index is 165. The molecule has 4 nitrogen and oxygen atoms in total. The van der Waals surface area contributed by atoms with Crippen molar-refractivity contribution in [2.75, 3.05) is 27.4 Å². The molecule has 0 atom stereocenters. The zero-order valence-electron chi connectivity index (χ0n) is 7.09. The highest BCUT2D eigenvalue weighted by Crippen LogP contribution is 2.28. The van der Waals surface area contributed by atoms with Crippen LogP contribution >= 0.6 is 0 Å². The summed E-state index contributed by atoms with van der Waals surface area (Å²) in [7, 11) is 3.08. The van der Waals surface area contributed by atoms with Gasteiger partial charge >= 0.3 is 0 Å². The van der Waals surface area contributed by atoms with Gasteiger partial charge in [-0.1, -0.05) is 0 Å². The second kappa shape index (κ2) is 2.79. The second-order valence-electron chi connectivity index (χ2n) is 3.04. The number of ether oxygens (including phenoxy) is 1. The van der Waals surface area contributed by atoms with E-state index in [1.807, 2.05) is 6.92 Å². The van der Waals surface area contributed by atoms with Gasteiger partial charge in [0.05, 0.1) is 25.7 Å². The smallest absolute Gasteiger partial charge is 0.256 e. The number of carbonyl (C=O) groups is 1. The van der Waals surface area contributed by atoms with Crippen LogP contribution in [-0.4, -0.2) is 38.3 Å². The van der Waals surface area contributed by atoms with Gasteiger partial charge in [0.1, 0.15) is 0 Å². The average Bonchev–Trinajstić information content (AvgIpc) is 1.97. The van der Waals surface area contributed by atoms with Crippen molar-refractivity contribution in [2.24, 2.45) is 5.41 Å². The summed E-state index contributed by atoms with van der Waals surface area (Å²) in [5, 5.41) is 1.24. The molecule has 1 rings (SSSR count). The number of carbonyl (C=O) groups excluding carboxylic acids is 1. The third kappa shape index (κ3) is 1.36. The van der Waals surface area contributed by atoms with E-state index in [0.29, 0.717) is 13.2 Å². The van der Waals surface area contributed by atoms with Gasteiger partial charge in [0.2, 0.25) is 0 Å². The largest absolute Gasteiger partial charge is 0.379 e. The molecule has 0 aromatic rings. The molecule has 4 heteroatoms. The predicted octanol–water partition coefficient (Wildman–Crippen LogP) is 0.0427. The van der Waals surface area contributed by atoms with Crippen molar-refractivity contribution >= 4 is 5.91 Å². The van der Waals surface area contributed by atoms with Crippen LogP contribution in [0.4, 0.5) is 0 Å². The summed E-state index contributed by atoms with van der Waals surface area (Å²) in [6.07, 6.45) is 0. The molecule has 1 amide bonds. The summed E-state index contributed by atoms with van der Waals surface area (Å²) in [5.41, 5.74) is -0.356. The van der Waals surface area contributed by atoms with Crippen molar-refractivity contribution < 1.29 is 14.4 Å². The first kappa shape index (κ1) is 8.49. The fourth-order valence-electron chi connectivity index (χ4n) is 0.995. The zero-order chi connectivity index (χ0) is 8.48. The lowest BCUT2D eigenvalue weighted by molar-refractivity contribution is -0.201. The highest BCUT2D eigenvalue weighted by Gasteiger charge is 2.43. The minimum atomic E-state index is -0.356. The molecular weight excluding hydrogens is 146 g/mol. The lowest BCUT2D eigenvalue weighted by Crippen LogP contribution is -2.52. The maximum Gasteiger partial charge on any atom is 0.256 e. The van der Waals surface area contributed by atoms with Crippen molar-refractivity contribution in [1.29, 1.82) is 0 Å². The van der Waals surface area contributed by atoms with Gasteiger partial charge in [-0.3, -0.25) is 9.63 Å². The molecule has 1 aliphatic heterocycles. The minimum Gasteiger partial charge on any atom is -0.379 e. The third-order valence-corrected chi connectivity index (χ3v) is 1.92. The fraction of sp³-hybridized carbons (Fsp3) is 0.857. The number of hydrogen-bond acceptors (Lipinski definition) is 3. The molecule has 0 radical (unpaired) electrons. The number of hydroxylamine groups is 2. The average molecular weight is 159 g/mol. The Kier molecular flexibility index (Phi) is 2.15. The first-order valence-corrected chi connectivity index (χ1v) is 3.50. The van der Waals surface area contributed by atoms with Crippen LogP contribution in [0.25, 0.3) is 0 Å². The lowest BCUT2D eigenvalue weighted by atomic mass is 9.88. The van der Waals surface area contributed by atoms with Crippen molar-refractivity contribution in [3.8, 4) is 0 Å². The molecule has 64 valence electrons. The fourth-order valence-corrected chi connectivity index (χ4v) is 0.995. The van der Waals surface area contributed by atoms with E-state index >= 15 is 0 Å². The molecule has 1 saturated heterocycles. The number of hydrogen-bond donors (Lipinski definition) is 0. The highest BCUT2D eigenvalue weighted by molar-refractivity contribution is 5.82. The topological polar surface area (TPSA) is 38.8 Å². The molecule has 0 N–H and O–H groups in total.